The molecule has 1 amide bonds. The first kappa shape index (κ1) is 18.1. The van der Waals surface area contributed by atoms with Crippen LogP contribution in [0.4, 0.5) is 11.6 Å². The molecule has 6 nitrogen and oxygen atoms in total. The summed E-state index contributed by atoms with van der Waals surface area (Å²) in [6.07, 6.45) is 4.65. The lowest BCUT2D eigenvalue weighted by Crippen LogP contribution is -2.38. The Morgan fingerprint density at radius 2 is 1.96 bits per heavy atom. The smallest absolute Gasteiger partial charge is 0.230 e. The summed E-state index contributed by atoms with van der Waals surface area (Å²) in [6.45, 7) is 3.20. The molecule has 2 aliphatic rings. The average Bonchev–Trinajstić information content (AvgIpc) is 3.26. The molecule has 1 aromatic heterocycles. The number of nitrogens with two attached hydrogens (primary N) is 1. The van der Waals surface area contributed by atoms with Crippen LogP contribution >= 0.6 is 11.8 Å². The Hall–Kier alpha value is -2.28. The van der Waals surface area contributed by atoms with Crippen molar-refractivity contribution in [3.63, 3.8) is 0 Å². The zero-order valence-corrected chi connectivity index (χ0v) is 16.4. The van der Waals surface area contributed by atoms with Crippen molar-refractivity contribution in [3.05, 3.63) is 42.0 Å². The Morgan fingerprint density at radius 1 is 1.19 bits per heavy atom. The topological polar surface area (TPSA) is 75.3 Å². The fraction of sp³-hybridized carbons (Fsp3) is 0.450. The summed E-state index contributed by atoms with van der Waals surface area (Å²) in [4.78, 5) is 26.2. The third kappa shape index (κ3) is 3.60. The van der Waals surface area contributed by atoms with E-state index in [1.807, 2.05) is 35.4 Å². The number of thioether (sulfide) groups is 1. The van der Waals surface area contributed by atoms with Crippen molar-refractivity contribution in [1.82, 2.24) is 14.9 Å². The van der Waals surface area contributed by atoms with Gasteiger partial charge in [-0.2, -0.15) is 0 Å². The molecule has 0 bridgehead atoms. The third-order valence-corrected chi connectivity index (χ3v) is 6.23. The van der Waals surface area contributed by atoms with Crippen LogP contribution in [0.15, 0.2) is 41.6 Å². The van der Waals surface area contributed by atoms with Crippen LogP contribution in [0.2, 0.25) is 0 Å². The van der Waals surface area contributed by atoms with Crippen LogP contribution in [0, 0.1) is 5.41 Å². The van der Waals surface area contributed by atoms with Gasteiger partial charge in [-0.1, -0.05) is 42.1 Å². The molecule has 142 valence electrons. The summed E-state index contributed by atoms with van der Waals surface area (Å²) in [5.74, 6) is 1.61. The van der Waals surface area contributed by atoms with Gasteiger partial charge in [-0.15, -0.1) is 0 Å². The van der Waals surface area contributed by atoms with Gasteiger partial charge in [0.1, 0.15) is 11.6 Å². The minimum Gasteiger partial charge on any atom is -0.383 e. The number of nitrogens with zero attached hydrogens (tertiary/aromatic N) is 4. The molecule has 4 rings (SSSR count). The molecule has 0 radical (unpaired) electrons. The standard InChI is InChI=1S/C20H25N5OS/c1-27-19-22-16(21)13-17(23-19)25-12-9-20(14-25)8-11-24(18(20)26)10-7-15-5-3-2-4-6-15/h2-6,13H,7-12,14H2,1H3,(H2,21,22,23). The number of nitrogen functional groups attached to an aromatic ring is 1. The second-order valence-electron chi connectivity index (χ2n) is 7.37. The highest BCUT2D eigenvalue weighted by atomic mass is 32.2. The molecule has 1 atom stereocenters. The third-order valence-electron chi connectivity index (χ3n) is 5.69. The molecule has 3 heterocycles. The molecule has 2 saturated heterocycles. The maximum Gasteiger partial charge on any atom is 0.230 e. The van der Waals surface area contributed by atoms with Gasteiger partial charge in [0.2, 0.25) is 5.91 Å². The summed E-state index contributed by atoms with van der Waals surface area (Å²) >= 11 is 1.48. The van der Waals surface area contributed by atoms with Crippen LogP contribution < -0.4 is 10.6 Å². The monoisotopic (exact) mass is 383 g/mol. The number of hydrogen-bond acceptors (Lipinski definition) is 6. The van der Waals surface area contributed by atoms with Crippen molar-refractivity contribution in [2.45, 2.75) is 24.4 Å². The van der Waals surface area contributed by atoms with E-state index in [9.17, 15) is 4.79 Å². The molecule has 0 saturated carbocycles. The molecule has 2 N–H and O–H groups in total. The number of benzene rings is 1. The minimum absolute atomic E-state index is 0.268. The number of rotatable bonds is 5. The van der Waals surface area contributed by atoms with Gasteiger partial charge in [0.15, 0.2) is 5.16 Å². The van der Waals surface area contributed by atoms with E-state index in [0.717, 1.165) is 51.3 Å². The highest BCUT2D eigenvalue weighted by molar-refractivity contribution is 7.98. The van der Waals surface area contributed by atoms with Crippen LogP contribution in [0.25, 0.3) is 0 Å². The molecule has 2 aromatic rings. The van der Waals surface area contributed by atoms with Gasteiger partial charge in [-0.05, 0) is 31.1 Å². The zero-order chi connectivity index (χ0) is 18.9. The van der Waals surface area contributed by atoms with Crippen molar-refractivity contribution in [1.29, 1.82) is 0 Å². The van der Waals surface area contributed by atoms with E-state index in [2.05, 4.69) is 27.0 Å². The maximum atomic E-state index is 13.2. The number of aromatic nitrogens is 2. The summed E-state index contributed by atoms with van der Waals surface area (Å²) in [7, 11) is 0. The van der Waals surface area contributed by atoms with Crippen molar-refractivity contribution < 1.29 is 4.79 Å². The molecule has 7 heteroatoms. The quantitative estimate of drug-likeness (QED) is 0.631. The van der Waals surface area contributed by atoms with Crippen LogP contribution in [0.5, 0.6) is 0 Å². The Balaban J connectivity index is 1.43. The Labute approximate surface area is 164 Å². The van der Waals surface area contributed by atoms with E-state index in [4.69, 9.17) is 5.73 Å². The van der Waals surface area contributed by atoms with Crippen molar-refractivity contribution >= 4 is 29.3 Å². The summed E-state index contributed by atoms with van der Waals surface area (Å²) in [6, 6.07) is 12.2. The number of likely N-dealkylation sites (tertiary alicyclic amines) is 1. The van der Waals surface area contributed by atoms with E-state index >= 15 is 0 Å². The normalized spacial score (nSPS) is 22.2. The van der Waals surface area contributed by atoms with Gasteiger partial charge in [-0.25, -0.2) is 9.97 Å². The van der Waals surface area contributed by atoms with Crippen LogP contribution in [-0.4, -0.2) is 53.2 Å². The Kier molecular flexibility index (Phi) is 4.95. The summed E-state index contributed by atoms with van der Waals surface area (Å²) in [5.41, 5.74) is 6.94. The van der Waals surface area contributed by atoms with Gasteiger partial charge in [0.25, 0.3) is 0 Å². The number of carbonyl (C=O) groups excluding carboxylic acids is 1. The summed E-state index contributed by atoms with van der Waals surface area (Å²) < 4.78 is 0. The van der Waals surface area contributed by atoms with Gasteiger partial charge >= 0.3 is 0 Å². The molecule has 27 heavy (non-hydrogen) atoms. The van der Waals surface area contributed by atoms with E-state index in [-0.39, 0.29) is 5.41 Å². The number of carbonyl (C=O) groups is 1. The first-order valence-corrected chi connectivity index (χ1v) is 10.6. The van der Waals surface area contributed by atoms with Crippen LogP contribution in [0.3, 0.4) is 0 Å². The van der Waals surface area contributed by atoms with Crippen molar-refractivity contribution in [2.24, 2.45) is 5.41 Å². The predicted octanol–water partition coefficient (Wildman–Crippen LogP) is 2.45. The number of anilines is 2. The predicted molar refractivity (Wildman–Crippen MR) is 109 cm³/mol. The highest BCUT2D eigenvalue weighted by Gasteiger charge is 2.50. The van der Waals surface area contributed by atoms with Crippen LogP contribution in [0.1, 0.15) is 18.4 Å². The lowest BCUT2D eigenvalue weighted by atomic mass is 9.85. The molecule has 0 aliphatic carbocycles. The number of hydrogen-bond donors (Lipinski definition) is 1. The van der Waals surface area contributed by atoms with Crippen molar-refractivity contribution in [3.8, 4) is 0 Å². The molecule has 1 spiro atoms. The lowest BCUT2D eigenvalue weighted by molar-refractivity contribution is -0.135. The second kappa shape index (κ2) is 7.38. The molecular formula is C20H25N5OS. The molecule has 2 aliphatic heterocycles. The van der Waals surface area contributed by atoms with Crippen molar-refractivity contribution in [2.75, 3.05) is 43.1 Å². The number of amides is 1. The van der Waals surface area contributed by atoms with Crippen LogP contribution in [-0.2, 0) is 11.2 Å². The zero-order valence-electron chi connectivity index (χ0n) is 15.6. The van der Waals surface area contributed by atoms with E-state index in [1.54, 1.807) is 0 Å². The van der Waals surface area contributed by atoms with Gasteiger partial charge in [-0.3, -0.25) is 4.79 Å². The molecule has 2 fully saturated rings. The lowest BCUT2D eigenvalue weighted by Gasteiger charge is -2.24. The largest absolute Gasteiger partial charge is 0.383 e. The molecule has 1 aromatic carbocycles. The minimum atomic E-state index is -0.268. The average molecular weight is 384 g/mol. The van der Waals surface area contributed by atoms with E-state index in [0.29, 0.717) is 16.9 Å². The SMILES string of the molecule is CSc1nc(N)cc(N2CCC3(CCN(CCc4ccccc4)C3=O)C2)n1. The maximum absolute atomic E-state index is 13.2. The fourth-order valence-electron chi connectivity index (χ4n) is 4.15. The van der Waals surface area contributed by atoms with E-state index in [1.165, 1.54) is 17.3 Å². The highest BCUT2D eigenvalue weighted by Crippen LogP contribution is 2.42. The van der Waals surface area contributed by atoms with Gasteiger partial charge in [0.05, 0.1) is 5.41 Å². The first-order valence-electron chi connectivity index (χ1n) is 9.36. The Morgan fingerprint density at radius 3 is 2.74 bits per heavy atom. The Bertz CT molecular complexity index is 830. The van der Waals surface area contributed by atoms with E-state index < -0.39 is 0 Å². The molecular weight excluding hydrogens is 358 g/mol. The summed E-state index contributed by atoms with van der Waals surface area (Å²) in [5, 5.41) is 0.674. The first-order chi connectivity index (χ1) is 13.1. The molecule has 1 unspecified atom stereocenters. The van der Waals surface area contributed by atoms with Gasteiger partial charge in [0, 0.05) is 32.2 Å². The van der Waals surface area contributed by atoms with Gasteiger partial charge < -0.3 is 15.5 Å². The fourth-order valence-corrected chi connectivity index (χ4v) is 4.53. The second-order valence-corrected chi connectivity index (χ2v) is 8.14.